The molecule has 0 atom stereocenters. The molecule has 0 fully saturated rings. The van der Waals surface area contributed by atoms with Crippen molar-refractivity contribution >= 4 is 56.0 Å². The second kappa shape index (κ2) is 6.46. The number of nitro benzene ring substituents is 2. The van der Waals surface area contributed by atoms with Gasteiger partial charge in [0.25, 0.3) is 17.3 Å². The minimum atomic E-state index is -0.796. The number of anilines is 1. The molecule has 0 bridgehead atoms. The predicted octanol–water partition coefficient (Wildman–Crippen LogP) is 4.62. The monoisotopic (exact) mass is 377 g/mol. The van der Waals surface area contributed by atoms with E-state index in [9.17, 15) is 25.0 Å². The lowest BCUT2D eigenvalue weighted by molar-refractivity contribution is -0.393. The smallest absolute Gasteiger partial charge is 0.299 e. The number of carbonyl (C=O) groups is 1. The molecule has 2 aromatic carbocycles. The molecule has 126 valence electrons. The Hall–Kier alpha value is -3.04. The summed E-state index contributed by atoms with van der Waals surface area (Å²) >= 11 is 7.37. The van der Waals surface area contributed by atoms with Gasteiger partial charge in [0.2, 0.25) is 0 Å². The van der Waals surface area contributed by atoms with Crippen molar-refractivity contribution < 1.29 is 14.6 Å². The molecule has 0 saturated carbocycles. The Kier molecular flexibility index (Phi) is 4.34. The summed E-state index contributed by atoms with van der Waals surface area (Å²) in [5.41, 5.74) is -1.15. The van der Waals surface area contributed by atoms with Crippen LogP contribution >= 0.6 is 22.9 Å². The van der Waals surface area contributed by atoms with E-state index < -0.39 is 27.1 Å². The molecule has 0 radical (unpaired) electrons. The number of thiophene rings is 1. The van der Waals surface area contributed by atoms with E-state index in [1.165, 1.54) is 0 Å². The number of nitrogens with one attached hydrogen (secondary N) is 1. The van der Waals surface area contributed by atoms with Gasteiger partial charge in [-0.15, -0.1) is 11.3 Å². The molecule has 0 aliphatic heterocycles. The van der Waals surface area contributed by atoms with Crippen LogP contribution in [-0.2, 0) is 0 Å². The molecule has 0 unspecified atom stereocenters. The first-order valence-corrected chi connectivity index (χ1v) is 7.99. The largest absolute Gasteiger partial charge is 0.315 e. The summed E-state index contributed by atoms with van der Waals surface area (Å²) < 4.78 is 0.802. The first-order chi connectivity index (χ1) is 11.9. The lowest BCUT2D eigenvalue weighted by atomic mass is 10.2. The predicted molar refractivity (Wildman–Crippen MR) is 94.5 cm³/mol. The summed E-state index contributed by atoms with van der Waals surface area (Å²) in [5.74, 6) is -0.622. The van der Waals surface area contributed by atoms with Crippen LogP contribution in [0.2, 0.25) is 5.02 Å². The third-order valence-corrected chi connectivity index (χ3v) is 5.05. The number of nitro groups is 2. The molecule has 1 N–H and O–H groups in total. The van der Waals surface area contributed by atoms with Gasteiger partial charge in [-0.25, -0.2) is 0 Å². The van der Waals surface area contributed by atoms with Crippen LogP contribution in [0, 0.1) is 20.2 Å². The number of amides is 1. The van der Waals surface area contributed by atoms with Crippen molar-refractivity contribution in [2.45, 2.75) is 0 Å². The maximum Gasteiger partial charge on any atom is 0.299 e. The van der Waals surface area contributed by atoms with Gasteiger partial charge in [0.05, 0.1) is 20.9 Å². The molecule has 25 heavy (non-hydrogen) atoms. The molecule has 0 spiro atoms. The standard InChI is InChI=1S/C15H8ClN3O5S/c16-13-9-3-1-2-4-12(9)25-14(13)15(20)17-10-6-5-8(18(21)22)7-11(10)19(23)24/h1-7H,(H,17,20). The van der Waals surface area contributed by atoms with Crippen LogP contribution in [0.5, 0.6) is 0 Å². The number of non-ortho nitro benzene ring substituents is 1. The normalized spacial score (nSPS) is 10.6. The van der Waals surface area contributed by atoms with E-state index >= 15 is 0 Å². The van der Waals surface area contributed by atoms with Crippen molar-refractivity contribution in [3.8, 4) is 0 Å². The van der Waals surface area contributed by atoms with Gasteiger partial charge in [-0.1, -0.05) is 29.8 Å². The first-order valence-electron chi connectivity index (χ1n) is 6.79. The van der Waals surface area contributed by atoms with E-state index in [4.69, 9.17) is 11.6 Å². The van der Waals surface area contributed by atoms with Crippen LogP contribution in [-0.4, -0.2) is 15.8 Å². The first kappa shape index (κ1) is 16.8. The molecule has 3 rings (SSSR count). The van der Waals surface area contributed by atoms with Gasteiger partial charge in [-0.2, -0.15) is 0 Å². The quantitative estimate of drug-likeness (QED) is 0.526. The molecule has 1 aromatic heterocycles. The lowest BCUT2D eigenvalue weighted by Gasteiger charge is -2.05. The Bertz CT molecular complexity index is 1030. The summed E-state index contributed by atoms with van der Waals surface area (Å²) in [4.78, 5) is 33.0. The van der Waals surface area contributed by atoms with Gasteiger partial charge >= 0.3 is 0 Å². The van der Waals surface area contributed by atoms with Crippen LogP contribution in [0.4, 0.5) is 17.1 Å². The summed E-state index contributed by atoms with van der Waals surface area (Å²) in [6.45, 7) is 0. The van der Waals surface area contributed by atoms with Crippen molar-refractivity contribution in [2.24, 2.45) is 0 Å². The third-order valence-electron chi connectivity index (χ3n) is 3.38. The highest BCUT2D eigenvalue weighted by molar-refractivity contribution is 7.21. The van der Waals surface area contributed by atoms with E-state index in [1.807, 2.05) is 0 Å². The van der Waals surface area contributed by atoms with E-state index in [0.717, 1.165) is 34.2 Å². The Labute approximate surface area is 148 Å². The highest BCUT2D eigenvalue weighted by Gasteiger charge is 2.23. The van der Waals surface area contributed by atoms with Gasteiger partial charge in [-0.05, 0) is 12.1 Å². The highest BCUT2D eigenvalue weighted by Crippen LogP contribution is 2.36. The van der Waals surface area contributed by atoms with Crippen LogP contribution in [0.25, 0.3) is 10.1 Å². The maximum absolute atomic E-state index is 12.5. The Balaban J connectivity index is 1.98. The topological polar surface area (TPSA) is 115 Å². The maximum atomic E-state index is 12.5. The molecular weight excluding hydrogens is 370 g/mol. The molecule has 3 aromatic rings. The fourth-order valence-electron chi connectivity index (χ4n) is 2.23. The van der Waals surface area contributed by atoms with Gasteiger partial charge in [0.1, 0.15) is 10.6 Å². The Morgan fingerprint density at radius 2 is 1.80 bits per heavy atom. The van der Waals surface area contributed by atoms with Gasteiger partial charge in [0.15, 0.2) is 0 Å². The zero-order chi connectivity index (χ0) is 18.1. The molecule has 10 heteroatoms. The third kappa shape index (κ3) is 3.14. The molecule has 1 amide bonds. The Morgan fingerprint density at radius 3 is 2.44 bits per heavy atom. The number of fused-ring (bicyclic) bond motifs is 1. The summed E-state index contributed by atoms with van der Waals surface area (Å²) in [6.07, 6.45) is 0. The molecule has 0 aliphatic carbocycles. The fraction of sp³-hybridized carbons (Fsp3) is 0. The fourth-order valence-corrected chi connectivity index (χ4v) is 3.64. The zero-order valence-corrected chi connectivity index (χ0v) is 13.8. The van der Waals surface area contributed by atoms with Crippen molar-refractivity contribution in [1.29, 1.82) is 0 Å². The van der Waals surface area contributed by atoms with E-state index in [1.54, 1.807) is 24.3 Å². The number of carbonyl (C=O) groups excluding carboxylic acids is 1. The minimum absolute atomic E-state index is 0.144. The van der Waals surface area contributed by atoms with Gasteiger partial charge in [0, 0.05) is 16.2 Å². The van der Waals surface area contributed by atoms with Gasteiger partial charge in [-0.3, -0.25) is 25.0 Å². The second-order valence-electron chi connectivity index (χ2n) is 4.91. The van der Waals surface area contributed by atoms with Crippen LogP contribution in [0.3, 0.4) is 0 Å². The van der Waals surface area contributed by atoms with Crippen molar-refractivity contribution in [3.63, 3.8) is 0 Å². The summed E-state index contributed by atoms with van der Waals surface area (Å²) in [7, 11) is 0. The number of hydrogen-bond donors (Lipinski definition) is 1. The lowest BCUT2D eigenvalue weighted by Crippen LogP contribution is -2.12. The van der Waals surface area contributed by atoms with Crippen molar-refractivity contribution in [2.75, 3.05) is 5.32 Å². The second-order valence-corrected chi connectivity index (χ2v) is 6.34. The number of halogens is 1. The zero-order valence-electron chi connectivity index (χ0n) is 12.3. The SMILES string of the molecule is O=C(Nc1ccc([N+](=O)[O-])cc1[N+](=O)[O-])c1sc2ccccc2c1Cl. The average molecular weight is 378 g/mol. The number of benzene rings is 2. The number of nitrogens with zero attached hydrogens (tertiary/aromatic N) is 2. The van der Waals surface area contributed by atoms with Crippen LogP contribution in [0.1, 0.15) is 9.67 Å². The van der Waals surface area contributed by atoms with E-state index in [2.05, 4.69) is 5.32 Å². The summed E-state index contributed by atoms with van der Waals surface area (Å²) in [6, 6.07) is 10.1. The van der Waals surface area contributed by atoms with E-state index in [0.29, 0.717) is 5.39 Å². The average Bonchev–Trinajstić information content (AvgIpc) is 2.92. The molecule has 0 aliphatic rings. The van der Waals surface area contributed by atoms with Crippen molar-refractivity contribution in [3.05, 3.63) is 72.6 Å². The van der Waals surface area contributed by atoms with Crippen LogP contribution in [0.15, 0.2) is 42.5 Å². The molecule has 8 nitrogen and oxygen atoms in total. The van der Waals surface area contributed by atoms with Crippen LogP contribution < -0.4 is 5.32 Å². The highest BCUT2D eigenvalue weighted by atomic mass is 35.5. The number of rotatable bonds is 4. The molecular formula is C15H8ClN3O5S. The Morgan fingerprint density at radius 1 is 1.08 bits per heavy atom. The number of hydrogen-bond acceptors (Lipinski definition) is 6. The summed E-state index contributed by atoms with van der Waals surface area (Å²) in [5, 5.41) is 25.2. The van der Waals surface area contributed by atoms with E-state index in [-0.39, 0.29) is 15.6 Å². The molecule has 0 saturated heterocycles. The van der Waals surface area contributed by atoms with Crippen molar-refractivity contribution in [1.82, 2.24) is 0 Å². The van der Waals surface area contributed by atoms with Gasteiger partial charge < -0.3 is 5.32 Å². The minimum Gasteiger partial charge on any atom is -0.315 e. The molecule has 1 heterocycles.